The molecule has 1 nitrogen and oxygen atoms in total. The van der Waals surface area contributed by atoms with Gasteiger partial charge in [-0.25, -0.2) is 0 Å². The highest BCUT2D eigenvalue weighted by atomic mass is 15.1. The van der Waals surface area contributed by atoms with E-state index in [-0.39, 0.29) is 0 Å². The van der Waals surface area contributed by atoms with Crippen LogP contribution in [0, 0.1) is 27.1 Å². The standard InChI is InChI=1S/C10H20.C9H18.C8H17N/c1-9(2)5-7-10(3,4)8-6-9;1-8(2)5-6-9(3,4)7-8;1-8(2)4-6-9(3)7-5-8/h5-8H2,1-4H3;5-7H2,1-4H3;4-7H2,1-3H3. The fourth-order valence-corrected chi connectivity index (χ4v) is 4.98. The van der Waals surface area contributed by atoms with E-state index in [1.807, 2.05) is 0 Å². The van der Waals surface area contributed by atoms with Gasteiger partial charge in [-0.2, -0.15) is 0 Å². The van der Waals surface area contributed by atoms with E-state index >= 15 is 0 Å². The van der Waals surface area contributed by atoms with Gasteiger partial charge in [-0.3, -0.25) is 0 Å². The van der Waals surface area contributed by atoms with Crippen molar-refractivity contribution in [1.29, 1.82) is 0 Å². The topological polar surface area (TPSA) is 3.24 Å². The van der Waals surface area contributed by atoms with Crippen LogP contribution in [0.5, 0.6) is 0 Å². The van der Waals surface area contributed by atoms with Crippen LogP contribution in [0.3, 0.4) is 0 Å². The summed E-state index contributed by atoms with van der Waals surface area (Å²) in [6.07, 6.45) is 12.6. The van der Waals surface area contributed by atoms with E-state index in [0.29, 0.717) is 27.1 Å². The van der Waals surface area contributed by atoms with Gasteiger partial charge in [0.2, 0.25) is 0 Å². The number of hydrogen-bond donors (Lipinski definition) is 0. The zero-order valence-electron chi connectivity index (χ0n) is 21.7. The Kier molecular flexibility index (Phi) is 8.73. The molecule has 2 saturated carbocycles. The fourth-order valence-electron chi connectivity index (χ4n) is 4.98. The monoisotopic (exact) mass is 393 g/mol. The molecule has 1 aliphatic heterocycles. The fraction of sp³-hybridized carbons (Fsp3) is 1.00. The van der Waals surface area contributed by atoms with Crippen molar-refractivity contribution in [3.8, 4) is 0 Å². The molecule has 0 aromatic carbocycles. The van der Waals surface area contributed by atoms with Crippen LogP contribution in [0.4, 0.5) is 0 Å². The number of nitrogens with zero attached hydrogens (tertiary/aromatic N) is 1. The third-order valence-electron chi connectivity index (χ3n) is 7.73. The molecule has 3 aliphatic rings. The molecule has 2 aliphatic carbocycles. The van der Waals surface area contributed by atoms with E-state index in [0.717, 1.165) is 0 Å². The normalized spacial score (nSPS) is 29.7. The van der Waals surface area contributed by atoms with Crippen LogP contribution in [-0.4, -0.2) is 25.0 Å². The summed E-state index contributed by atoms with van der Waals surface area (Å²) in [7, 11) is 2.20. The maximum atomic E-state index is 2.41. The molecule has 1 heterocycles. The van der Waals surface area contributed by atoms with Crippen LogP contribution >= 0.6 is 0 Å². The number of hydrogen-bond acceptors (Lipinski definition) is 1. The molecule has 0 aromatic rings. The van der Waals surface area contributed by atoms with Gasteiger partial charge in [0.05, 0.1) is 0 Å². The summed E-state index contributed by atoms with van der Waals surface area (Å²) >= 11 is 0. The van der Waals surface area contributed by atoms with Crippen LogP contribution < -0.4 is 0 Å². The summed E-state index contributed by atoms with van der Waals surface area (Å²) in [5, 5.41) is 0. The Morgan fingerprint density at radius 2 is 0.643 bits per heavy atom. The van der Waals surface area contributed by atoms with E-state index in [4.69, 9.17) is 0 Å². The SMILES string of the molecule is CC1(C)CCC(C)(C)C1.CC1(C)CCC(C)(C)CC1.CN1CCC(C)(C)CC1. The summed E-state index contributed by atoms with van der Waals surface area (Å²) < 4.78 is 0. The van der Waals surface area contributed by atoms with Crippen LogP contribution in [0.1, 0.15) is 127 Å². The summed E-state index contributed by atoms with van der Waals surface area (Å²) in [5.74, 6) is 0. The molecule has 3 rings (SSSR count). The Hall–Kier alpha value is -0.0400. The van der Waals surface area contributed by atoms with Crippen molar-refractivity contribution >= 4 is 0 Å². The molecule has 0 unspecified atom stereocenters. The minimum atomic E-state index is 0.618. The number of likely N-dealkylation sites (tertiary alicyclic amines) is 1. The van der Waals surface area contributed by atoms with Crippen molar-refractivity contribution in [3.05, 3.63) is 0 Å². The first-order chi connectivity index (χ1) is 12.4. The summed E-state index contributed by atoms with van der Waals surface area (Å²) in [6, 6.07) is 0. The lowest BCUT2D eigenvalue weighted by atomic mass is 9.67. The van der Waals surface area contributed by atoms with Crippen LogP contribution in [-0.2, 0) is 0 Å². The lowest BCUT2D eigenvalue weighted by molar-refractivity contribution is 0.133. The average molecular weight is 394 g/mol. The van der Waals surface area contributed by atoms with Crippen LogP contribution in [0.15, 0.2) is 0 Å². The maximum absolute atomic E-state index is 2.41. The van der Waals surface area contributed by atoms with E-state index in [1.165, 1.54) is 70.9 Å². The van der Waals surface area contributed by atoms with E-state index in [9.17, 15) is 0 Å². The van der Waals surface area contributed by atoms with E-state index in [2.05, 4.69) is 81.2 Å². The molecule has 0 atom stereocenters. The zero-order chi connectivity index (χ0) is 21.9. The van der Waals surface area contributed by atoms with Crippen molar-refractivity contribution in [1.82, 2.24) is 4.90 Å². The molecular formula is C27H55N. The third kappa shape index (κ3) is 10.7. The van der Waals surface area contributed by atoms with Gasteiger partial charge in [0.15, 0.2) is 0 Å². The molecular weight excluding hydrogens is 338 g/mol. The lowest BCUT2D eigenvalue weighted by Crippen LogP contribution is -2.34. The van der Waals surface area contributed by atoms with Gasteiger partial charge in [0, 0.05) is 0 Å². The van der Waals surface area contributed by atoms with Gasteiger partial charge >= 0.3 is 0 Å². The lowest BCUT2D eigenvalue weighted by Gasteiger charge is -2.39. The third-order valence-corrected chi connectivity index (χ3v) is 7.73. The minimum Gasteiger partial charge on any atom is -0.306 e. The maximum Gasteiger partial charge on any atom is -0.00167 e. The second kappa shape index (κ2) is 9.40. The van der Waals surface area contributed by atoms with E-state index < -0.39 is 0 Å². The summed E-state index contributed by atoms with van der Waals surface area (Å²) in [5.41, 5.74) is 3.14. The number of piperidine rings is 1. The molecule has 0 radical (unpaired) electrons. The van der Waals surface area contributed by atoms with Crippen molar-refractivity contribution < 1.29 is 0 Å². The molecule has 0 bridgehead atoms. The predicted molar refractivity (Wildman–Crippen MR) is 128 cm³/mol. The first kappa shape index (κ1) is 26.0. The molecule has 0 spiro atoms. The van der Waals surface area contributed by atoms with Crippen molar-refractivity contribution in [3.63, 3.8) is 0 Å². The summed E-state index contributed by atoms with van der Waals surface area (Å²) in [6.45, 7) is 26.4. The number of rotatable bonds is 0. The molecule has 1 heteroatoms. The van der Waals surface area contributed by atoms with Gasteiger partial charge < -0.3 is 4.90 Å². The highest BCUT2D eigenvalue weighted by molar-refractivity contribution is 4.87. The van der Waals surface area contributed by atoms with Crippen LogP contribution in [0.25, 0.3) is 0 Å². The largest absolute Gasteiger partial charge is 0.306 e. The van der Waals surface area contributed by atoms with Gasteiger partial charge in [-0.05, 0) is 105 Å². The molecule has 1 saturated heterocycles. The minimum absolute atomic E-state index is 0.618. The molecule has 0 N–H and O–H groups in total. The average Bonchev–Trinajstić information content (AvgIpc) is 2.79. The van der Waals surface area contributed by atoms with Gasteiger partial charge in [-0.1, -0.05) is 69.2 Å². The highest BCUT2D eigenvalue weighted by Crippen LogP contribution is 2.48. The quantitative estimate of drug-likeness (QED) is 0.398. The Morgan fingerprint density at radius 3 is 0.857 bits per heavy atom. The Bertz CT molecular complexity index is 415. The molecule has 3 fully saturated rings. The Balaban J connectivity index is 0.000000210. The predicted octanol–water partition coefficient (Wildman–Crippen LogP) is 8.57. The summed E-state index contributed by atoms with van der Waals surface area (Å²) in [4.78, 5) is 2.41. The van der Waals surface area contributed by atoms with Crippen molar-refractivity contribution in [2.45, 2.75) is 127 Å². The Morgan fingerprint density at radius 1 is 0.393 bits per heavy atom. The highest BCUT2D eigenvalue weighted by Gasteiger charge is 2.36. The molecule has 0 aromatic heterocycles. The second-order valence-corrected chi connectivity index (χ2v) is 14.3. The molecule has 0 amide bonds. The first-order valence-corrected chi connectivity index (χ1v) is 12.1. The smallest absolute Gasteiger partial charge is 0.00167 e. The molecule has 28 heavy (non-hydrogen) atoms. The van der Waals surface area contributed by atoms with E-state index in [1.54, 1.807) is 0 Å². The molecule has 168 valence electrons. The van der Waals surface area contributed by atoms with Crippen molar-refractivity contribution in [2.24, 2.45) is 27.1 Å². The second-order valence-electron chi connectivity index (χ2n) is 14.3. The van der Waals surface area contributed by atoms with Gasteiger partial charge in [-0.15, -0.1) is 0 Å². The van der Waals surface area contributed by atoms with Crippen LogP contribution in [0.2, 0.25) is 0 Å². The zero-order valence-corrected chi connectivity index (χ0v) is 21.7. The first-order valence-electron chi connectivity index (χ1n) is 12.1. The van der Waals surface area contributed by atoms with Gasteiger partial charge in [0.1, 0.15) is 0 Å². The van der Waals surface area contributed by atoms with Crippen molar-refractivity contribution in [2.75, 3.05) is 20.1 Å². The Labute approximate surface area is 179 Å². The van der Waals surface area contributed by atoms with Gasteiger partial charge in [0.25, 0.3) is 0 Å².